The number of amides is 2. The number of carbonyl (C=O) groups is 2. The van der Waals surface area contributed by atoms with Gasteiger partial charge < -0.3 is 20.3 Å². The smallest absolute Gasteiger partial charge is 0.410 e. The molecule has 0 aromatic heterocycles. The molecule has 0 unspecified atom stereocenters. The van der Waals surface area contributed by atoms with Gasteiger partial charge in [0.2, 0.25) is 5.91 Å². The van der Waals surface area contributed by atoms with Gasteiger partial charge in [-0.25, -0.2) is 4.79 Å². The first-order valence-electron chi connectivity index (χ1n) is 8.04. The highest BCUT2D eigenvalue weighted by Gasteiger charge is 2.33. The highest BCUT2D eigenvalue weighted by atomic mass is 16.6. The topological polar surface area (TPSA) is 75.9 Å². The van der Waals surface area contributed by atoms with E-state index in [-0.39, 0.29) is 24.6 Å². The van der Waals surface area contributed by atoms with E-state index in [4.69, 9.17) is 10.5 Å². The summed E-state index contributed by atoms with van der Waals surface area (Å²) in [6, 6.07) is 9.07. The Morgan fingerprint density at radius 1 is 1.39 bits per heavy atom. The lowest BCUT2D eigenvalue weighted by molar-refractivity contribution is -0.131. The van der Waals surface area contributed by atoms with Crippen LogP contribution in [-0.4, -0.2) is 53.5 Å². The Balaban J connectivity index is 1.89. The van der Waals surface area contributed by atoms with Gasteiger partial charge in [-0.2, -0.15) is 0 Å². The van der Waals surface area contributed by atoms with E-state index in [9.17, 15) is 9.59 Å². The summed E-state index contributed by atoms with van der Waals surface area (Å²) in [5.41, 5.74) is 6.60. The fourth-order valence-corrected chi connectivity index (χ4v) is 2.82. The van der Waals surface area contributed by atoms with Crippen LogP contribution in [0.25, 0.3) is 0 Å². The molecule has 1 fully saturated rings. The first-order chi connectivity index (χ1) is 11.0. The van der Waals surface area contributed by atoms with Gasteiger partial charge >= 0.3 is 6.09 Å². The molecular formula is C17H25N3O3. The number of rotatable bonds is 5. The van der Waals surface area contributed by atoms with Crippen LogP contribution in [0.1, 0.15) is 25.8 Å². The van der Waals surface area contributed by atoms with E-state index in [1.54, 1.807) is 16.7 Å². The van der Waals surface area contributed by atoms with Crippen molar-refractivity contribution in [3.8, 4) is 0 Å². The van der Waals surface area contributed by atoms with Crippen LogP contribution in [0.15, 0.2) is 30.3 Å². The SMILES string of the molecule is CCN(C(=O)OCc1ccccc1)[C@@H]1CCN(C(=O)[C@H](C)N)C1. The van der Waals surface area contributed by atoms with Crippen LogP contribution >= 0.6 is 0 Å². The van der Waals surface area contributed by atoms with Crippen LogP contribution in [0.4, 0.5) is 4.79 Å². The van der Waals surface area contributed by atoms with Crippen molar-refractivity contribution in [2.24, 2.45) is 5.73 Å². The molecule has 1 aromatic carbocycles. The molecule has 1 aromatic rings. The second-order valence-electron chi connectivity index (χ2n) is 5.84. The number of likely N-dealkylation sites (tertiary alicyclic amines) is 1. The van der Waals surface area contributed by atoms with E-state index >= 15 is 0 Å². The minimum atomic E-state index is -0.506. The van der Waals surface area contributed by atoms with Crippen LogP contribution in [0.5, 0.6) is 0 Å². The molecule has 1 aliphatic rings. The molecule has 126 valence electrons. The van der Waals surface area contributed by atoms with Crippen LogP contribution < -0.4 is 5.73 Å². The second-order valence-corrected chi connectivity index (χ2v) is 5.84. The zero-order valence-electron chi connectivity index (χ0n) is 13.8. The highest BCUT2D eigenvalue weighted by Crippen LogP contribution is 2.17. The summed E-state index contributed by atoms with van der Waals surface area (Å²) in [5, 5.41) is 0. The molecule has 2 N–H and O–H groups in total. The van der Waals surface area contributed by atoms with Crippen molar-refractivity contribution in [3.05, 3.63) is 35.9 Å². The highest BCUT2D eigenvalue weighted by molar-refractivity contribution is 5.81. The van der Waals surface area contributed by atoms with Crippen LogP contribution in [0, 0.1) is 0 Å². The summed E-state index contributed by atoms with van der Waals surface area (Å²) in [6.07, 6.45) is 0.420. The van der Waals surface area contributed by atoms with Gasteiger partial charge in [-0.1, -0.05) is 30.3 Å². The van der Waals surface area contributed by atoms with Crippen LogP contribution in [0.2, 0.25) is 0 Å². The molecule has 0 spiro atoms. The number of hydrogen-bond acceptors (Lipinski definition) is 4. The van der Waals surface area contributed by atoms with Crippen molar-refractivity contribution >= 4 is 12.0 Å². The Morgan fingerprint density at radius 2 is 2.09 bits per heavy atom. The molecule has 2 atom stereocenters. The quantitative estimate of drug-likeness (QED) is 0.894. The van der Waals surface area contributed by atoms with Gasteiger partial charge in [0.15, 0.2) is 0 Å². The summed E-state index contributed by atoms with van der Waals surface area (Å²) < 4.78 is 5.40. The molecule has 2 rings (SSSR count). The lowest BCUT2D eigenvalue weighted by atomic mass is 10.2. The Kier molecular flexibility index (Phi) is 5.98. The van der Waals surface area contributed by atoms with E-state index in [2.05, 4.69) is 0 Å². The number of carbonyl (C=O) groups excluding carboxylic acids is 2. The first kappa shape index (κ1) is 17.3. The Morgan fingerprint density at radius 3 is 2.70 bits per heavy atom. The lowest BCUT2D eigenvalue weighted by Crippen LogP contribution is -2.45. The van der Waals surface area contributed by atoms with Crippen molar-refractivity contribution in [2.45, 2.75) is 39.0 Å². The molecule has 0 radical (unpaired) electrons. The van der Waals surface area contributed by atoms with Crippen LogP contribution in [0.3, 0.4) is 0 Å². The third-order valence-electron chi connectivity index (χ3n) is 4.09. The third kappa shape index (κ3) is 4.45. The van der Waals surface area contributed by atoms with Gasteiger partial charge in [-0.15, -0.1) is 0 Å². The molecule has 0 saturated carbocycles. The standard InChI is InChI=1S/C17H25N3O3/c1-3-20(15-9-10-19(11-15)16(21)13(2)18)17(22)23-12-14-7-5-4-6-8-14/h4-8,13,15H,3,9-12,18H2,1-2H3/t13-,15+/m0/s1. The molecule has 1 aliphatic heterocycles. The third-order valence-corrected chi connectivity index (χ3v) is 4.09. The molecular weight excluding hydrogens is 294 g/mol. The Labute approximate surface area is 137 Å². The van der Waals surface area contributed by atoms with Crippen LogP contribution in [-0.2, 0) is 16.1 Å². The van der Waals surface area contributed by atoms with Gasteiger partial charge in [0.25, 0.3) is 0 Å². The maximum Gasteiger partial charge on any atom is 0.410 e. The monoisotopic (exact) mass is 319 g/mol. The zero-order valence-corrected chi connectivity index (χ0v) is 13.8. The van der Waals surface area contributed by atoms with Crippen molar-refractivity contribution in [2.75, 3.05) is 19.6 Å². The molecule has 6 heteroatoms. The maximum absolute atomic E-state index is 12.3. The number of hydrogen-bond donors (Lipinski definition) is 1. The molecule has 6 nitrogen and oxygen atoms in total. The van der Waals surface area contributed by atoms with Gasteiger partial charge in [0, 0.05) is 19.6 Å². The van der Waals surface area contributed by atoms with Gasteiger partial charge in [0.05, 0.1) is 12.1 Å². The maximum atomic E-state index is 12.3. The number of likely N-dealkylation sites (N-methyl/N-ethyl adjacent to an activating group) is 1. The lowest BCUT2D eigenvalue weighted by Gasteiger charge is -2.27. The molecule has 0 bridgehead atoms. The predicted octanol–water partition coefficient (Wildman–Crippen LogP) is 1.59. The van der Waals surface area contributed by atoms with Crippen molar-refractivity contribution in [1.82, 2.24) is 9.80 Å². The largest absolute Gasteiger partial charge is 0.445 e. The van der Waals surface area contributed by atoms with Gasteiger partial charge in [-0.05, 0) is 25.8 Å². The summed E-state index contributed by atoms with van der Waals surface area (Å²) in [4.78, 5) is 27.7. The minimum Gasteiger partial charge on any atom is -0.445 e. The predicted molar refractivity (Wildman–Crippen MR) is 87.6 cm³/mol. The molecule has 1 heterocycles. The van der Waals surface area contributed by atoms with E-state index < -0.39 is 6.04 Å². The van der Waals surface area contributed by atoms with Crippen molar-refractivity contribution in [3.63, 3.8) is 0 Å². The summed E-state index contributed by atoms with van der Waals surface area (Å²) in [5.74, 6) is -0.0683. The fourth-order valence-electron chi connectivity index (χ4n) is 2.82. The average molecular weight is 319 g/mol. The van der Waals surface area contributed by atoms with Gasteiger partial charge in [-0.3, -0.25) is 4.79 Å². The second kappa shape index (κ2) is 7.97. The summed E-state index contributed by atoms with van der Waals surface area (Å²) in [7, 11) is 0. The molecule has 0 aliphatic carbocycles. The van der Waals surface area contributed by atoms with E-state index in [0.29, 0.717) is 19.6 Å². The molecule has 23 heavy (non-hydrogen) atoms. The van der Waals surface area contributed by atoms with Crippen molar-refractivity contribution < 1.29 is 14.3 Å². The first-order valence-corrected chi connectivity index (χ1v) is 8.04. The van der Waals surface area contributed by atoms with E-state index in [1.165, 1.54) is 0 Å². The van der Waals surface area contributed by atoms with E-state index in [0.717, 1.165) is 12.0 Å². The normalized spacial score (nSPS) is 18.6. The zero-order chi connectivity index (χ0) is 16.8. The number of benzene rings is 1. The summed E-state index contributed by atoms with van der Waals surface area (Å²) >= 11 is 0. The van der Waals surface area contributed by atoms with Gasteiger partial charge in [0.1, 0.15) is 6.61 Å². The number of nitrogens with zero attached hydrogens (tertiary/aromatic N) is 2. The minimum absolute atomic E-state index is 0.00836. The average Bonchev–Trinajstić information content (AvgIpc) is 3.03. The van der Waals surface area contributed by atoms with Crippen molar-refractivity contribution in [1.29, 1.82) is 0 Å². The Bertz CT molecular complexity index is 533. The number of ether oxygens (including phenoxy) is 1. The summed E-state index contributed by atoms with van der Waals surface area (Å²) in [6.45, 7) is 5.56. The molecule has 1 saturated heterocycles. The Hall–Kier alpha value is -2.08. The fraction of sp³-hybridized carbons (Fsp3) is 0.529. The molecule has 2 amide bonds. The van der Waals surface area contributed by atoms with E-state index in [1.807, 2.05) is 37.3 Å². The number of nitrogens with two attached hydrogens (primary N) is 1.